The molecule has 0 aliphatic heterocycles. The number of amides is 1. The van der Waals surface area contributed by atoms with Gasteiger partial charge in [0, 0.05) is 23.4 Å². The van der Waals surface area contributed by atoms with Crippen LogP contribution in [0.2, 0.25) is 0 Å². The molecule has 1 aromatic carbocycles. The molecule has 2 rings (SSSR count). The number of aromatic nitrogens is 2. The van der Waals surface area contributed by atoms with Crippen LogP contribution in [0.25, 0.3) is 0 Å². The Balaban J connectivity index is 1.92. The number of carbonyl (C=O) groups is 2. The number of benzene rings is 1. The number of rotatable bonds is 5. The van der Waals surface area contributed by atoms with Gasteiger partial charge < -0.3 is 5.32 Å². The lowest BCUT2D eigenvalue weighted by molar-refractivity contribution is -0.116. The largest absolute Gasteiger partial charge is 0.326 e. The number of hydrogen-bond acceptors (Lipinski definition) is 3. The minimum Gasteiger partial charge on any atom is -0.326 e. The second-order valence-corrected chi connectivity index (χ2v) is 5.93. The first kappa shape index (κ1) is 16.4. The highest BCUT2D eigenvalue weighted by Crippen LogP contribution is 2.20. The molecule has 5 nitrogen and oxygen atoms in total. The molecule has 0 bridgehead atoms. The number of carbonyl (C=O) groups excluding carboxylic acids is 2. The third kappa shape index (κ3) is 3.82. The summed E-state index contributed by atoms with van der Waals surface area (Å²) >= 11 is 3.47. The van der Waals surface area contributed by atoms with Crippen LogP contribution in [0, 0.1) is 13.8 Å². The number of halogens is 1. The fraction of sp³-hybridized carbons (Fsp3) is 0.312. The molecule has 2 aromatic rings. The van der Waals surface area contributed by atoms with Gasteiger partial charge in [-0.15, -0.1) is 0 Å². The van der Waals surface area contributed by atoms with Crippen molar-refractivity contribution in [3.05, 3.63) is 45.7 Å². The van der Waals surface area contributed by atoms with E-state index in [1.54, 1.807) is 24.3 Å². The SMILES string of the molecule is CC(=O)c1ccc(NC(=O)CCn2nc(C)c(Br)c2C)cc1. The van der Waals surface area contributed by atoms with Crippen molar-refractivity contribution in [3.8, 4) is 0 Å². The minimum atomic E-state index is -0.0840. The van der Waals surface area contributed by atoms with Gasteiger partial charge in [-0.05, 0) is 61.0 Å². The van der Waals surface area contributed by atoms with Crippen LogP contribution in [0.5, 0.6) is 0 Å². The molecule has 0 saturated carbocycles. The maximum atomic E-state index is 12.0. The van der Waals surface area contributed by atoms with Gasteiger partial charge in [0.2, 0.25) is 5.91 Å². The Labute approximate surface area is 137 Å². The Bertz CT molecular complexity index is 705. The van der Waals surface area contributed by atoms with Crippen molar-refractivity contribution in [2.24, 2.45) is 0 Å². The third-order valence-corrected chi connectivity index (χ3v) is 4.57. The monoisotopic (exact) mass is 363 g/mol. The predicted octanol–water partition coefficient (Wildman–Crippen LogP) is 3.49. The van der Waals surface area contributed by atoms with Gasteiger partial charge in [-0.2, -0.15) is 5.10 Å². The van der Waals surface area contributed by atoms with Crippen LogP contribution in [-0.4, -0.2) is 21.5 Å². The third-order valence-electron chi connectivity index (χ3n) is 3.42. The zero-order chi connectivity index (χ0) is 16.3. The highest BCUT2D eigenvalue weighted by molar-refractivity contribution is 9.10. The first-order chi connectivity index (χ1) is 10.4. The van der Waals surface area contributed by atoms with Crippen LogP contribution in [0.1, 0.15) is 35.1 Å². The minimum absolute atomic E-state index is 0.00739. The molecule has 0 spiro atoms. The Morgan fingerprint density at radius 2 is 1.86 bits per heavy atom. The van der Waals surface area contributed by atoms with Gasteiger partial charge in [-0.25, -0.2) is 0 Å². The summed E-state index contributed by atoms with van der Waals surface area (Å²) in [6.45, 7) is 5.92. The molecule has 0 saturated heterocycles. The molecule has 0 radical (unpaired) electrons. The number of nitrogens with zero attached hydrogens (tertiary/aromatic N) is 2. The van der Waals surface area contributed by atoms with E-state index in [0.717, 1.165) is 15.9 Å². The van der Waals surface area contributed by atoms with E-state index in [4.69, 9.17) is 0 Å². The number of aryl methyl sites for hydroxylation is 2. The van der Waals surface area contributed by atoms with Crippen LogP contribution in [0.15, 0.2) is 28.7 Å². The number of Topliss-reactive ketones (excluding diaryl/α,β-unsaturated/α-hetero) is 1. The fourth-order valence-corrected chi connectivity index (χ4v) is 2.40. The second kappa shape index (κ2) is 6.87. The quantitative estimate of drug-likeness (QED) is 0.826. The molecular weight excluding hydrogens is 346 g/mol. The predicted molar refractivity (Wildman–Crippen MR) is 89.1 cm³/mol. The van der Waals surface area contributed by atoms with E-state index >= 15 is 0 Å². The maximum absolute atomic E-state index is 12.0. The van der Waals surface area contributed by atoms with E-state index in [2.05, 4.69) is 26.3 Å². The molecule has 1 amide bonds. The van der Waals surface area contributed by atoms with Crippen LogP contribution < -0.4 is 5.32 Å². The molecule has 0 atom stereocenters. The number of ketones is 1. The molecule has 1 heterocycles. The Hall–Kier alpha value is -1.95. The van der Waals surface area contributed by atoms with Crippen LogP contribution >= 0.6 is 15.9 Å². The first-order valence-corrected chi connectivity index (χ1v) is 7.78. The standard InChI is InChI=1S/C16H18BrN3O2/c1-10-16(17)11(2)20(19-10)9-8-15(22)18-14-6-4-13(5-7-14)12(3)21/h4-7H,8-9H2,1-3H3,(H,18,22). The van der Waals surface area contributed by atoms with Gasteiger partial charge in [0.25, 0.3) is 0 Å². The highest BCUT2D eigenvalue weighted by atomic mass is 79.9. The smallest absolute Gasteiger partial charge is 0.226 e. The van der Waals surface area contributed by atoms with Crippen LogP contribution in [0.3, 0.4) is 0 Å². The Morgan fingerprint density at radius 1 is 1.23 bits per heavy atom. The van der Waals surface area contributed by atoms with Crippen molar-refractivity contribution in [2.75, 3.05) is 5.32 Å². The zero-order valence-corrected chi connectivity index (χ0v) is 14.4. The molecule has 116 valence electrons. The van der Waals surface area contributed by atoms with Gasteiger partial charge in [0.1, 0.15) is 0 Å². The van der Waals surface area contributed by atoms with Crippen molar-refractivity contribution in [3.63, 3.8) is 0 Å². The summed E-state index contributed by atoms with van der Waals surface area (Å²) in [5.74, 6) is -0.0766. The molecule has 0 aliphatic carbocycles. The van der Waals surface area contributed by atoms with E-state index in [1.165, 1.54) is 6.92 Å². The van der Waals surface area contributed by atoms with Crippen molar-refractivity contribution in [1.29, 1.82) is 0 Å². The lowest BCUT2D eigenvalue weighted by Crippen LogP contribution is -2.15. The van der Waals surface area contributed by atoms with Crippen LogP contribution in [-0.2, 0) is 11.3 Å². The first-order valence-electron chi connectivity index (χ1n) is 6.99. The molecule has 6 heteroatoms. The summed E-state index contributed by atoms with van der Waals surface area (Å²) in [4.78, 5) is 23.2. The summed E-state index contributed by atoms with van der Waals surface area (Å²) < 4.78 is 2.80. The molecule has 1 N–H and O–H groups in total. The lowest BCUT2D eigenvalue weighted by atomic mass is 10.1. The Kier molecular flexibility index (Phi) is 5.13. The van der Waals surface area contributed by atoms with E-state index in [9.17, 15) is 9.59 Å². The summed E-state index contributed by atoms with van der Waals surface area (Å²) in [6, 6.07) is 6.87. The topological polar surface area (TPSA) is 64.0 Å². The maximum Gasteiger partial charge on any atom is 0.226 e. The summed E-state index contributed by atoms with van der Waals surface area (Å²) in [6.07, 6.45) is 0.336. The molecular formula is C16H18BrN3O2. The molecule has 0 unspecified atom stereocenters. The number of anilines is 1. The van der Waals surface area contributed by atoms with Crippen LogP contribution in [0.4, 0.5) is 5.69 Å². The van der Waals surface area contributed by atoms with E-state index in [0.29, 0.717) is 24.2 Å². The number of nitrogens with one attached hydrogen (secondary N) is 1. The van der Waals surface area contributed by atoms with Gasteiger partial charge in [-0.1, -0.05) is 0 Å². The highest BCUT2D eigenvalue weighted by Gasteiger charge is 2.10. The molecule has 22 heavy (non-hydrogen) atoms. The summed E-state index contributed by atoms with van der Waals surface area (Å²) in [5, 5.41) is 7.19. The van der Waals surface area contributed by atoms with Crippen molar-refractivity contribution >= 4 is 33.3 Å². The average molecular weight is 364 g/mol. The van der Waals surface area contributed by atoms with Crippen molar-refractivity contribution in [2.45, 2.75) is 33.7 Å². The van der Waals surface area contributed by atoms with E-state index < -0.39 is 0 Å². The van der Waals surface area contributed by atoms with E-state index in [-0.39, 0.29) is 11.7 Å². The Morgan fingerprint density at radius 3 is 2.36 bits per heavy atom. The zero-order valence-electron chi connectivity index (χ0n) is 12.8. The fourth-order valence-electron chi connectivity index (χ4n) is 2.11. The molecule has 0 fully saturated rings. The van der Waals surface area contributed by atoms with Crippen molar-refractivity contribution < 1.29 is 9.59 Å². The van der Waals surface area contributed by atoms with Gasteiger partial charge in [0.05, 0.1) is 16.7 Å². The molecule has 1 aromatic heterocycles. The van der Waals surface area contributed by atoms with E-state index in [1.807, 2.05) is 18.5 Å². The van der Waals surface area contributed by atoms with Gasteiger partial charge in [-0.3, -0.25) is 14.3 Å². The van der Waals surface area contributed by atoms with Crippen molar-refractivity contribution in [1.82, 2.24) is 9.78 Å². The molecule has 0 aliphatic rings. The average Bonchev–Trinajstić information content (AvgIpc) is 2.73. The van der Waals surface area contributed by atoms with Gasteiger partial charge >= 0.3 is 0 Å². The lowest BCUT2D eigenvalue weighted by Gasteiger charge is -2.07. The summed E-state index contributed by atoms with van der Waals surface area (Å²) in [7, 11) is 0. The number of hydrogen-bond donors (Lipinski definition) is 1. The summed E-state index contributed by atoms with van der Waals surface area (Å²) in [5.41, 5.74) is 3.24. The van der Waals surface area contributed by atoms with Gasteiger partial charge in [0.15, 0.2) is 5.78 Å². The normalized spacial score (nSPS) is 10.5. The second-order valence-electron chi connectivity index (χ2n) is 5.14.